The van der Waals surface area contributed by atoms with Gasteiger partial charge >= 0.3 is 6.09 Å². The summed E-state index contributed by atoms with van der Waals surface area (Å²) in [4.78, 5) is 40.8. The second-order valence-corrected chi connectivity index (χ2v) is 15.9. The van der Waals surface area contributed by atoms with Gasteiger partial charge in [-0.05, 0) is 80.3 Å². The molecule has 2 amide bonds. The molecule has 10 heteroatoms. The van der Waals surface area contributed by atoms with Crippen LogP contribution >= 0.6 is 11.9 Å². The second-order valence-electron chi connectivity index (χ2n) is 15.0. The Morgan fingerprint density at radius 2 is 1.85 bits per heavy atom. The minimum atomic E-state index is -0.289. The van der Waals surface area contributed by atoms with E-state index >= 15 is 0 Å². The van der Waals surface area contributed by atoms with Gasteiger partial charge in [0.15, 0.2) is 0 Å². The molecule has 0 aliphatic carbocycles. The van der Waals surface area contributed by atoms with E-state index in [9.17, 15) is 9.59 Å². The number of benzene rings is 1. The fraction of sp³-hybridized carbons (Fsp3) is 0.474. The van der Waals surface area contributed by atoms with Gasteiger partial charge < -0.3 is 19.9 Å². The molecule has 2 aromatic heterocycles. The first-order valence-electron chi connectivity index (χ1n) is 17.0. The van der Waals surface area contributed by atoms with Crippen molar-refractivity contribution in [2.24, 2.45) is 11.8 Å². The van der Waals surface area contributed by atoms with Crippen molar-refractivity contribution < 1.29 is 14.3 Å². The number of nitrogens with zero attached hydrogens (tertiary/aromatic N) is 4. The predicted octanol–water partition coefficient (Wildman–Crippen LogP) is 7.61. The predicted molar refractivity (Wildman–Crippen MR) is 192 cm³/mol. The normalized spacial score (nSPS) is 22.8. The molecule has 2 N–H and O–H groups in total. The molecule has 1 fully saturated rings. The van der Waals surface area contributed by atoms with E-state index in [4.69, 9.17) is 14.7 Å². The zero-order valence-corrected chi connectivity index (χ0v) is 29.8. The van der Waals surface area contributed by atoms with Crippen molar-refractivity contribution in [2.45, 2.75) is 89.4 Å². The van der Waals surface area contributed by atoms with E-state index in [0.717, 1.165) is 48.7 Å². The summed E-state index contributed by atoms with van der Waals surface area (Å²) >= 11 is 1.22. The number of aromatic nitrogens is 2. The zero-order chi connectivity index (χ0) is 34.1. The lowest BCUT2D eigenvalue weighted by Crippen LogP contribution is -2.40. The third kappa shape index (κ3) is 7.64. The average molecular weight is 669 g/mol. The number of nitrogens with one attached hydrogen (secondary N) is 2. The topological polar surface area (TPSA) is 99.7 Å². The highest BCUT2D eigenvalue weighted by Gasteiger charge is 2.43. The Labute approximate surface area is 289 Å². The molecule has 48 heavy (non-hydrogen) atoms. The maximum atomic E-state index is 13.7. The largest absolute Gasteiger partial charge is 0.445 e. The van der Waals surface area contributed by atoms with Gasteiger partial charge in [-0.15, -0.1) is 0 Å². The van der Waals surface area contributed by atoms with Crippen molar-refractivity contribution >= 4 is 35.6 Å². The minimum absolute atomic E-state index is 0.0463. The highest BCUT2D eigenvalue weighted by Crippen LogP contribution is 2.43. The number of hydrogen-bond acceptors (Lipinski definition) is 8. The van der Waals surface area contributed by atoms with Gasteiger partial charge in [0.25, 0.3) is 5.91 Å². The van der Waals surface area contributed by atoms with Crippen LogP contribution in [0.2, 0.25) is 0 Å². The molecule has 3 aliphatic heterocycles. The minimum Gasteiger partial charge on any atom is -0.445 e. The number of ether oxygens (including phenoxy) is 1. The molecule has 3 aliphatic rings. The Hall–Kier alpha value is -4.05. The fourth-order valence-corrected chi connectivity index (χ4v) is 7.63. The quantitative estimate of drug-likeness (QED) is 0.218. The maximum Gasteiger partial charge on any atom is 0.410 e. The first-order chi connectivity index (χ1) is 22.9. The maximum absolute atomic E-state index is 13.7. The van der Waals surface area contributed by atoms with Crippen molar-refractivity contribution in [3.63, 3.8) is 0 Å². The van der Waals surface area contributed by atoms with Crippen LogP contribution in [0.25, 0.3) is 0 Å². The zero-order valence-electron chi connectivity index (χ0n) is 29.0. The van der Waals surface area contributed by atoms with Crippen molar-refractivity contribution in [3.8, 4) is 0 Å². The van der Waals surface area contributed by atoms with Crippen LogP contribution in [0, 0.1) is 11.8 Å². The van der Waals surface area contributed by atoms with Gasteiger partial charge in [-0.1, -0.05) is 70.2 Å². The summed E-state index contributed by atoms with van der Waals surface area (Å²) in [5.41, 5.74) is 3.47. The first kappa shape index (κ1) is 33.8. The molecule has 0 saturated carbocycles. The summed E-state index contributed by atoms with van der Waals surface area (Å²) < 4.78 is 8.66. The van der Waals surface area contributed by atoms with Crippen molar-refractivity contribution in [3.05, 3.63) is 89.1 Å². The number of carbonyl (C=O) groups excluding carboxylic acids is 2. The summed E-state index contributed by atoms with van der Waals surface area (Å²) in [5.74, 6) is 2.10. The van der Waals surface area contributed by atoms with E-state index in [1.54, 1.807) is 4.90 Å². The summed E-state index contributed by atoms with van der Waals surface area (Å²) in [6.07, 6.45) is 4.56. The molecular weight excluding hydrogens is 621 g/mol. The Balaban J connectivity index is 1.27. The van der Waals surface area contributed by atoms with Gasteiger partial charge in [0, 0.05) is 54.3 Å². The van der Waals surface area contributed by atoms with E-state index in [-0.39, 0.29) is 35.6 Å². The number of amides is 2. The third-order valence-electron chi connectivity index (χ3n) is 9.91. The SMILES string of the molecule is C[C@H]1CC(C2=CCN(C(=O)OCc3ccccc3)CC2)Nc2cccc(n2)SNC(=O)c2ccc(C(C)(C)C)nc2N2C[C@@H]1CC2(C)C. The summed E-state index contributed by atoms with van der Waals surface area (Å²) in [6, 6.07) is 19.6. The Kier molecular flexibility index (Phi) is 9.74. The highest BCUT2D eigenvalue weighted by atomic mass is 32.2. The summed E-state index contributed by atoms with van der Waals surface area (Å²) in [7, 11) is 0. The van der Waals surface area contributed by atoms with Crippen LogP contribution in [-0.4, -0.2) is 58.1 Å². The number of carbonyl (C=O) groups is 2. The molecule has 3 aromatic rings. The van der Waals surface area contributed by atoms with Gasteiger partial charge in [-0.25, -0.2) is 14.8 Å². The van der Waals surface area contributed by atoms with E-state index in [1.165, 1.54) is 17.5 Å². The second kappa shape index (κ2) is 13.8. The molecule has 254 valence electrons. The first-order valence-corrected chi connectivity index (χ1v) is 17.8. The summed E-state index contributed by atoms with van der Waals surface area (Å²) in [5, 5.41) is 4.44. The average Bonchev–Trinajstić information content (AvgIpc) is 3.40. The number of anilines is 2. The number of fused-ring (bicyclic) bond motifs is 6. The van der Waals surface area contributed by atoms with Crippen LogP contribution in [0.4, 0.5) is 16.4 Å². The molecule has 3 atom stereocenters. The molecule has 4 bridgehead atoms. The van der Waals surface area contributed by atoms with Crippen LogP contribution in [0.15, 0.2) is 77.3 Å². The Morgan fingerprint density at radius 3 is 2.58 bits per heavy atom. The molecule has 1 aromatic carbocycles. The number of rotatable bonds is 3. The molecule has 0 spiro atoms. The Bertz CT molecular complexity index is 1670. The van der Waals surface area contributed by atoms with E-state index < -0.39 is 0 Å². The lowest BCUT2D eigenvalue weighted by Gasteiger charge is -2.34. The van der Waals surface area contributed by atoms with Crippen molar-refractivity contribution in [2.75, 3.05) is 29.9 Å². The lowest BCUT2D eigenvalue weighted by molar-refractivity contribution is 0.0978. The lowest BCUT2D eigenvalue weighted by atomic mass is 9.82. The van der Waals surface area contributed by atoms with Crippen molar-refractivity contribution in [1.29, 1.82) is 0 Å². The van der Waals surface area contributed by atoms with Crippen LogP contribution in [-0.2, 0) is 16.8 Å². The molecule has 5 heterocycles. The van der Waals surface area contributed by atoms with E-state index in [0.29, 0.717) is 35.5 Å². The molecule has 0 radical (unpaired) electrons. The van der Waals surface area contributed by atoms with Gasteiger partial charge in [0.2, 0.25) is 0 Å². The Morgan fingerprint density at radius 1 is 1.06 bits per heavy atom. The van der Waals surface area contributed by atoms with E-state index in [1.807, 2.05) is 60.7 Å². The van der Waals surface area contributed by atoms with Gasteiger partial charge in [0.05, 0.1) is 5.56 Å². The molecule has 6 rings (SSSR count). The van der Waals surface area contributed by atoms with Crippen LogP contribution in [0.5, 0.6) is 0 Å². The standard InChI is InChI=1S/C38H48N6O3S/c1-25-21-30(27-17-19-43(20-18-27)36(46)47-24-26-11-8-7-9-12-26)39-32-13-10-14-33(41-32)48-42-35(45)29-15-16-31(37(2,3)4)40-34(29)44-23-28(25)22-38(44,5)6/h7-17,25,28,30H,18-24H2,1-6H3,(H,39,41)(H,42,45)/t25-,28-,30?/m0/s1. The summed E-state index contributed by atoms with van der Waals surface area (Å²) in [6.45, 7) is 15.5. The van der Waals surface area contributed by atoms with E-state index in [2.05, 4.69) is 62.6 Å². The van der Waals surface area contributed by atoms with Gasteiger partial charge in [-0.3, -0.25) is 9.52 Å². The monoisotopic (exact) mass is 668 g/mol. The molecule has 1 unspecified atom stereocenters. The number of hydrogen-bond donors (Lipinski definition) is 2. The smallest absolute Gasteiger partial charge is 0.410 e. The van der Waals surface area contributed by atoms with Crippen LogP contribution in [0.3, 0.4) is 0 Å². The van der Waals surface area contributed by atoms with Gasteiger partial charge in [-0.2, -0.15) is 0 Å². The molecule has 9 nitrogen and oxygen atoms in total. The van der Waals surface area contributed by atoms with Crippen LogP contribution in [0.1, 0.15) is 82.4 Å². The molecular formula is C38H48N6O3S. The fourth-order valence-electron chi connectivity index (χ4n) is 7.03. The van der Waals surface area contributed by atoms with Gasteiger partial charge in [0.1, 0.15) is 23.3 Å². The third-order valence-corrected chi connectivity index (χ3v) is 10.6. The van der Waals surface area contributed by atoms with Crippen molar-refractivity contribution in [1.82, 2.24) is 19.6 Å². The highest BCUT2D eigenvalue weighted by molar-refractivity contribution is 7.97. The van der Waals surface area contributed by atoms with Crippen LogP contribution < -0.4 is 14.9 Å². The number of pyridine rings is 2. The molecule has 1 saturated heterocycles.